The van der Waals surface area contributed by atoms with E-state index in [0.717, 1.165) is 0 Å². The van der Waals surface area contributed by atoms with Gasteiger partial charge in [-0.3, -0.25) is 0 Å². The van der Waals surface area contributed by atoms with Gasteiger partial charge in [-0.25, -0.2) is 13.2 Å². The zero-order chi connectivity index (χ0) is 18.6. The molecule has 1 N–H and O–H groups in total. The molecule has 1 aliphatic heterocycles. The fourth-order valence-electron chi connectivity index (χ4n) is 2.64. The van der Waals surface area contributed by atoms with Gasteiger partial charge in [-0.05, 0) is 44.9 Å². The molecule has 0 saturated carbocycles. The van der Waals surface area contributed by atoms with E-state index in [1.54, 1.807) is 0 Å². The molecule has 0 unspecified atom stereocenters. The van der Waals surface area contributed by atoms with Crippen molar-refractivity contribution in [3.05, 3.63) is 23.2 Å². The molecule has 1 aliphatic rings. The van der Waals surface area contributed by atoms with Crippen molar-refractivity contribution in [1.29, 1.82) is 0 Å². The molecular formula is C16H22ClNO6S. The third-order valence-electron chi connectivity index (χ3n) is 3.76. The fourth-order valence-corrected chi connectivity index (χ4v) is 4.44. The lowest BCUT2D eigenvalue weighted by Crippen LogP contribution is -2.41. The van der Waals surface area contributed by atoms with Crippen LogP contribution in [0.3, 0.4) is 0 Å². The number of piperidine rings is 1. The summed E-state index contributed by atoms with van der Waals surface area (Å²) in [5, 5.41) is 8.67. The van der Waals surface area contributed by atoms with E-state index in [-0.39, 0.29) is 27.9 Å². The quantitative estimate of drug-likeness (QED) is 0.767. The van der Waals surface area contributed by atoms with Crippen molar-refractivity contribution < 1.29 is 27.8 Å². The summed E-state index contributed by atoms with van der Waals surface area (Å²) in [4.78, 5) is 10.6. The topological polar surface area (TPSA) is 93.1 Å². The van der Waals surface area contributed by atoms with Crippen LogP contribution in [0.5, 0.6) is 5.75 Å². The standard InChI is InChI=1S/C16H22ClNO6S/c1-11(2)24-12-5-7-18(8-6-12)25(21,22)13-3-4-15(14(17)9-13)23-10-16(19)20/h3-4,9,11-12H,5-8,10H2,1-2H3,(H,19,20). The first-order chi connectivity index (χ1) is 11.7. The van der Waals surface area contributed by atoms with Crippen molar-refractivity contribution in [2.24, 2.45) is 0 Å². The van der Waals surface area contributed by atoms with Crippen molar-refractivity contribution >= 4 is 27.6 Å². The Morgan fingerprint density at radius 3 is 2.52 bits per heavy atom. The van der Waals surface area contributed by atoms with E-state index in [1.165, 1.54) is 22.5 Å². The summed E-state index contributed by atoms with van der Waals surface area (Å²) in [5.74, 6) is -1.01. The van der Waals surface area contributed by atoms with Gasteiger partial charge in [-0.1, -0.05) is 11.6 Å². The number of benzene rings is 1. The summed E-state index contributed by atoms with van der Waals surface area (Å²) in [7, 11) is -3.66. The molecule has 1 aromatic rings. The highest BCUT2D eigenvalue weighted by Crippen LogP contribution is 2.30. The highest BCUT2D eigenvalue weighted by molar-refractivity contribution is 7.89. The van der Waals surface area contributed by atoms with Crippen LogP contribution in [0.15, 0.2) is 23.1 Å². The van der Waals surface area contributed by atoms with Crippen LogP contribution in [0.25, 0.3) is 0 Å². The van der Waals surface area contributed by atoms with Gasteiger partial charge in [0, 0.05) is 13.1 Å². The molecule has 0 bridgehead atoms. The van der Waals surface area contributed by atoms with Crippen molar-refractivity contribution in [3.8, 4) is 5.75 Å². The van der Waals surface area contributed by atoms with Crippen LogP contribution in [0.1, 0.15) is 26.7 Å². The minimum atomic E-state index is -3.66. The smallest absolute Gasteiger partial charge is 0.341 e. The van der Waals surface area contributed by atoms with E-state index < -0.39 is 22.6 Å². The lowest BCUT2D eigenvalue weighted by molar-refractivity contribution is -0.139. The second-order valence-electron chi connectivity index (χ2n) is 6.06. The van der Waals surface area contributed by atoms with E-state index in [1.807, 2.05) is 13.8 Å². The van der Waals surface area contributed by atoms with Gasteiger partial charge >= 0.3 is 5.97 Å². The molecule has 140 valence electrons. The van der Waals surface area contributed by atoms with Crippen LogP contribution in [0.4, 0.5) is 0 Å². The van der Waals surface area contributed by atoms with Crippen LogP contribution >= 0.6 is 11.6 Å². The summed E-state index contributed by atoms with van der Waals surface area (Å²) in [6, 6.07) is 4.02. The third-order valence-corrected chi connectivity index (χ3v) is 5.95. The first-order valence-electron chi connectivity index (χ1n) is 8.00. The Hall–Kier alpha value is -1.35. The molecule has 1 saturated heterocycles. The molecule has 1 heterocycles. The number of carboxylic acid groups (broad SMARTS) is 1. The molecule has 0 radical (unpaired) electrons. The molecule has 1 fully saturated rings. The Balaban J connectivity index is 2.07. The lowest BCUT2D eigenvalue weighted by atomic mass is 10.1. The van der Waals surface area contributed by atoms with Gasteiger partial charge in [0.2, 0.25) is 10.0 Å². The van der Waals surface area contributed by atoms with E-state index >= 15 is 0 Å². The summed E-state index contributed by atoms with van der Waals surface area (Å²) in [5.41, 5.74) is 0. The predicted octanol–water partition coefficient (Wildman–Crippen LogP) is 2.38. The minimum absolute atomic E-state index is 0.0559. The zero-order valence-corrected chi connectivity index (χ0v) is 15.7. The van der Waals surface area contributed by atoms with Gasteiger partial charge in [0.05, 0.1) is 22.1 Å². The number of carboxylic acids is 1. The average molecular weight is 392 g/mol. The number of sulfonamides is 1. The molecule has 0 amide bonds. The second-order valence-corrected chi connectivity index (χ2v) is 8.41. The number of rotatable bonds is 7. The van der Waals surface area contributed by atoms with E-state index in [2.05, 4.69) is 0 Å². The van der Waals surface area contributed by atoms with Crippen LogP contribution < -0.4 is 4.74 Å². The number of nitrogens with zero attached hydrogens (tertiary/aromatic N) is 1. The molecule has 0 aliphatic carbocycles. The molecule has 0 spiro atoms. The van der Waals surface area contributed by atoms with Crippen molar-refractivity contribution in [1.82, 2.24) is 4.31 Å². The fraction of sp³-hybridized carbons (Fsp3) is 0.562. The molecular weight excluding hydrogens is 370 g/mol. The van der Waals surface area contributed by atoms with E-state index in [9.17, 15) is 13.2 Å². The Labute approximate surface area is 152 Å². The number of halogens is 1. The molecule has 0 atom stereocenters. The number of hydrogen-bond acceptors (Lipinski definition) is 5. The van der Waals surface area contributed by atoms with Crippen LogP contribution in [-0.2, 0) is 19.6 Å². The van der Waals surface area contributed by atoms with Gasteiger partial charge in [0.1, 0.15) is 5.75 Å². The molecule has 1 aromatic carbocycles. The van der Waals surface area contributed by atoms with Crippen LogP contribution in [0.2, 0.25) is 5.02 Å². The molecule has 7 nitrogen and oxygen atoms in total. The third kappa shape index (κ3) is 5.31. The van der Waals surface area contributed by atoms with Crippen LogP contribution in [0, 0.1) is 0 Å². The van der Waals surface area contributed by atoms with E-state index in [4.69, 9.17) is 26.2 Å². The predicted molar refractivity (Wildman–Crippen MR) is 92.6 cm³/mol. The van der Waals surface area contributed by atoms with E-state index in [0.29, 0.717) is 25.9 Å². The highest BCUT2D eigenvalue weighted by Gasteiger charge is 2.30. The summed E-state index contributed by atoms with van der Waals surface area (Å²) < 4.78 is 37.6. The Kier molecular flexibility index (Phi) is 6.67. The number of aliphatic carboxylic acids is 1. The molecule has 25 heavy (non-hydrogen) atoms. The maximum Gasteiger partial charge on any atom is 0.341 e. The van der Waals surface area contributed by atoms with Gasteiger partial charge in [-0.2, -0.15) is 4.31 Å². The number of ether oxygens (including phenoxy) is 2. The van der Waals surface area contributed by atoms with Crippen molar-refractivity contribution in [2.45, 2.75) is 43.8 Å². The molecule has 9 heteroatoms. The largest absolute Gasteiger partial charge is 0.480 e. The van der Waals surface area contributed by atoms with Gasteiger partial charge in [0.15, 0.2) is 6.61 Å². The highest BCUT2D eigenvalue weighted by atomic mass is 35.5. The summed E-state index contributed by atoms with van der Waals surface area (Å²) in [6.07, 6.45) is 1.47. The minimum Gasteiger partial charge on any atom is -0.480 e. The normalized spacial score (nSPS) is 17.0. The molecule has 0 aromatic heterocycles. The average Bonchev–Trinajstić information content (AvgIpc) is 2.53. The maximum atomic E-state index is 12.7. The number of carbonyl (C=O) groups is 1. The van der Waals surface area contributed by atoms with Crippen molar-refractivity contribution in [3.63, 3.8) is 0 Å². The summed E-state index contributed by atoms with van der Waals surface area (Å²) >= 11 is 6.02. The second kappa shape index (κ2) is 8.35. The van der Waals surface area contributed by atoms with Gasteiger partial charge < -0.3 is 14.6 Å². The summed E-state index contributed by atoms with van der Waals surface area (Å²) in [6.45, 7) is 4.14. The monoisotopic (exact) mass is 391 g/mol. The Bertz CT molecular complexity index is 713. The first-order valence-corrected chi connectivity index (χ1v) is 9.81. The number of hydrogen-bond donors (Lipinski definition) is 1. The lowest BCUT2D eigenvalue weighted by Gasteiger charge is -2.32. The maximum absolute atomic E-state index is 12.7. The van der Waals surface area contributed by atoms with Gasteiger partial charge in [-0.15, -0.1) is 0 Å². The Morgan fingerprint density at radius 2 is 2.00 bits per heavy atom. The molecule has 2 rings (SSSR count). The van der Waals surface area contributed by atoms with Crippen LogP contribution in [-0.4, -0.2) is 55.7 Å². The zero-order valence-electron chi connectivity index (χ0n) is 14.1. The van der Waals surface area contributed by atoms with Crippen molar-refractivity contribution in [2.75, 3.05) is 19.7 Å². The Morgan fingerprint density at radius 1 is 1.36 bits per heavy atom. The van der Waals surface area contributed by atoms with Gasteiger partial charge in [0.25, 0.3) is 0 Å². The SMILES string of the molecule is CC(C)OC1CCN(S(=O)(=O)c2ccc(OCC(=O)O)c(Cl)c2)CC1. The first kappa shape index (κ1) is 20.0.